The van der Waals surface area contributed by atoms with Crippen molar-refractivity contribution in [3.63, 3.8) is 0 Å². The Hall–Kier alpha value is -10.1. The maximum atomic E-state index is 14.6. The third-order valence-electron chi connectivity index (χ3n) is 27.3. The molecular weight excluding hydrogens is 1910 g/mol. The summed E-state index contributed by atoms with van der Waals surface area (Å²) in [6.07, 6.45) is -41.1. The molecule has 147 heavy (non-hydrogen) atoms. The molecule has 7 heterocycles. The van der Waals surface area contributed by atoms with Crippen molar-refractivity contribution < 1.29 is 172 Å². The Morgan fingerprint density at radius 2 is 0.497 bits per heavy atom. The normalized spacial score (nSPS) is 33.4. The second-order valence-electron chi connectivity index (χ2n) is 38.4. The maximum Gasteiger partial charge on any atom is 0.303 e. The summed E-state index contributed by atoms with van der Waals surface area (Å²) in [6, 6.07) is 66.3. The van der Waals surface area contributed by atoms with Gasteiger partial charge in [-0.1, -0.05) is 247 Å². The summed E-state index contributed by atoms with van der Waals surface area (Å²) >= 11 is 0. The quantitative estimate of drug-likeness (QED) is 0.0264. The topological polar surface area (TPSA) is 409 Å². The summed E-state index contributed by atoms with van der Waals surface area (Å²) in [5, 5.41) is 25.3. The van der Waals surface area contributed by atoms with E-state index in [1.165, 1.54) is 0 Å². The van der Waals surface area contributed by atoms with E-state index in [2.05, 4.69) is 6.92 Å². The number of aliphatic hydroxyl groups is 2. The zero-order chi connectivity index (χ0) is 104. The lowest BCUT2D eigenvalue weighted by Gasteiger charge is -2.53. The van der Waals surface area contributed by atoms with E-state index in [9.17, 15) is 43.8 Å². The lowest BCUT2D eigenvalue weighted by atomic mass is 9.87. The van der Waals surface area contributed by atoms with Gasteiger partial charge in [-0.2, -0.15) is 0 Å². The summed E-state index contributed by atoms with van der Waals surface area (Å²) in [5.41, 5.74) is 5.59. The number of carbonyl (C=O) groups excluding carboxylic acids is 7. The maximum absolute atomic E-state index is 14.6. The first-order valence-electron chi connectivity index (χ1n) is 50.3. The minimum atomic E-state index is -2.04. The van der Waals surface area contributed by atoms with E-state index in [1.54, 1.807) is 44.2 Å². The second kappa shape index (κ2) is 55.1. The molecule has 35 atom stereocenters. The largest absolute Gasteiger partial charge is 0.463 e. The van der Waals surface area contributed by atoms with Crippen LogP contribution in [0.2, 0.25) is 0 Å². The zero-order valence-corrected chi connectivity index (χ0v) is 85.4. The van der Waals surface area contributed by atoms with Gasteiger partial charge in [-0.15, -0.1) is 0 Å². The van der Waals surface area contributed by atoms with Crippen molar-refractivity contribution in [2.75, 3.05) is 39.6 Å². The van der Waals surface area contributed by atoms with Gasteiger partial charge in [0.2, 0.25) is 0 Å². The third kappa shape index (κ3) is 31.1. The minimum Gasteiger partial charge on any atom is -0.463 e. The van der Waals surface area contributed by atoms with Gasteiger partial charge in [0, 0.05) is 78.1 Å². The number of benzene rings is 7. The van der Waals surface area contributed by atoms with Crippen LogP contribution in [0.3, 0.4) is 0 Å². The summed E-state index contributed by atoms with van der Waals surface area (Å²) in [4.78, 5) is 93.5. The standard InChI is InChI=1S/C111H140O36/c1-63-68(6)131-87(62-130-109-103(129-57-83-48-34-21-35-49-83)92(64(2)69(7)132-109)126-54-80-42-28-18-29-43-80)97(91(63)125-53-79-40-26-17-27-41-79)143-106-65(3)93(127-55-81-44-30-19-31-45-81)96(85(139-106)58-121-51-77-36-22-15-23-37-77)145-110-104(137-76(14)119)101(90(120)84(50-112)138-110)146-111-105(147-108-67(5)95(134-73(11)116)99(136-75(13)118)89(141-108)61-124-71(9)114)102(128-56-82-46-32-20-33-47-82)100(86(142-111)59-122-52-78-38-24-16-25-39-78)144-107-66(4)94(133-72(10)115)98(135-74(12)117)88(140-107)60-123-70(8)113/h15-49,63-69,84-112,120H,50-62H2,1-14H3. The van der Waals surface area contributed by atoms with E-state index < -0.39 is 264 Å². The number of ether oxygens (including phenoxy) is 27. The molecule has 0 radical (unpaired) electrons. The van der Waals surface area contributed by atoms with E-state index in [-0.39, 0.29) is 77.4 Å². The van der Waals surface area contributed by atoms with E-state index in [1.807, 2.05) is 210 Å². The van der Waals surface area contributed by atoms with E-state index in [0.717, 1.165) is 76.3 Å². The molecular formula is C111H140O36. The summed E-state index contributed by atoms with van der Waals surface area (Å²) < 4.78 is 184. The molecule has 800 valence electrons. The Morgan fingerprint density at radius 1 is 0.231 bits per heavy atom. The average Bonchev–Trinajstić information content (AvgIpc) is 0.750. The molecule has 7 aromatic rings. The van der Waals surface area contributed by atoms with Crippen molar-refractivity contribution in [2.45, 2.75) is 327 Å². The van der Waals surface area contributed by atoms with Crippen LogP contribution in [0.15, 0.2) is 212 Å². The summed E-state index contributed by atoms with van der Waals surface area (Å²) in [7, 11) is 0. The highest BCUT2D eigenvalue weighted by atomic mass is 16.8. The molecule has 0 aliphatic carbocycles. The number of carbonyl (C=O) groups is 7. The molecule has 0 amide bonds. The van der Waals surface area contributed by atoms with Crippen molar-refractivity contribution in [2.24, 2.45) is 29.6 Å². The Bertz CT molecular complexity index is 5180. The molecule has 7 aliphatic heterocycles. The number of rotatable bonds is 46. The SMILES string of the molecule is CC(=O)OCC1OC(OC2C(COCc3ccccc3)OC(OC3C(O)C(CO)OC(OC4C(COCc5ccccc5)OC(OC5C(COC6OC(C)C(C)C(OCc7ccccc7)C6OCc6ccccc6)OC(C)C(C)C5OCc5ccccc5)C(C)C4OCc4ccccc4)C3OC(C)=O)C(OC3OC(COC(C)=O)C(OC(C)=O)C(OC(C)=O)C3C)C2OCc2ccccc2)C(C)C(OC(C)=O)C1OC(C)=O. The zero-order valence-electron chi connectivity index (χ0n) is 85.4. The third-order valence-corrected chi connectivity index (χ3v) is 27.3. The van der Waals surface area contributed by atoms with Crippen LogP contribution in [0.25, 0.3) is 0 Å². The van der Waals surface area contributed by atoms with Gasteiger partial charge < -0.3 is 138 Å². The molecule has 0 aromatic heterocycles. The molecule has 2 N–H and O–H groups in total. The van der Waals surface area contributed by atoms with Crippen molar-refractivity contribution in [1.82, 2.24) is 0 Å². The van der Waals surface area contributed by atoms with Gasteiger partial charge in [0.25, 0.3) is 0 Å². The highest BCUT2D eigenvalue weighted by Crippen LogP contribution is 2.46. The fourth-order valence-corrected chi connectivity index (χ4v) is 19.5. The monoisotopic (exact) mass is 2050 g/mol. The molecule has 0 bridgehead atoms. The summed E-state index contributed by atoms with van der Waals surface area (Å²) in [6.45, 7) is 18.4. The molecule has 36 nitrogen and oxygen atoms in total. The predicted octanol–water partition coefficient (Wildman–Crippen LogP) is 11.8. The van der Waals surface area contributed by atoms with Crippen molar-refractivity contribution in [3.8, 4) is 0 Å². The summed E-state index contributed by atoms with van der Waals surface area (Å²) in [5.74, 6) is -9.50. The molecule has 7 saturated heterocycles. The van der Waals surface area contributed by atoms with Crippen LogP contribution in [-0.4, -0.2) is 276 Å². The minimum absolute atomic E-state index is 0.0402. The highest BCUT2D eigenvalue weighted by molar-refractivity contribution is 5.69. The van der Waals surface area contributed by atoms with Crippen molar-refractivity contribution in [3.05, 3.63) is 251 Å². The van der Waals surface area contributed by atoms with Crippen LogP contribution in [0.5, 0.6) is 0 Å². The number of hydrogen-bond donors (Lipinski definition) is 2. The molecule has 0 spiro atoms. The van der Waals surface area contributed by atoms with Crippen LogP contribution in [0, 0.1) is 29.6 Å². The number of esters is 7. The van der Waals surface area contributed by atoms with E-state index in [0.29, 0.717) is 11.1 Å². The van der Waals surface area contributed by atoms with Gasteiger partial charge in [-0.05, 0) is 52.8 Å². The fraction of sp³-hybridized carbons (Fsp3) is 0.559. The highest BCUT2D eigenvalue weighted by Gasteiger charge is 2.62. The van der Waals surface area contributed by atoms with Gasteiger partial charge in [0.1, 0.15) is 111 Å². The first-order valence-corrected chi connectivity index (χ1v) is 50.3. The molecule has 7 fully saturated rings. The van der Waals surface area contributed by atoms with Gasteiger partial charge in [0.15, 0.2) is 56.1 Å². The Labute approximate surface area is 857 Å². The van der Waals surface area contributed by atoms with Crippen molar-refractivity contribution >= 4 is 41.8 Å². The van der Waals surface area contributed by atoms with Crippen LogP contribution in [0.1, 0.15) is 136 Å². The van der Waals surface area contributed by atoms with Crippen LogP contribution in [0.4, 0.5) is 0 Å². The average molecular weight is 2050 g/mol. The first kappa shape index (κ1) is 113. The lowest BCUT2D eigenvalue weighted by Crippen LogP contribution is -2.69. The van der Waals surface area contributed by atoms with Crippen LogP contribution >= 0.6 is 0 Å². The van der Waals surface area contributed by atoms with Crippen molar-refractivity contribution in [1.29, 1.82) is 0 Å². The Kier molecular flexibility index (Phi) is 42.2. The Morgan fingerprint density at radius 3 is 0.864 bits per heavy atom. The molecule has 35 unspecified atom stereocenters. The van der Waals surface area contributed by atoms with E-state index >= 15 is 0 Å². The van der Waals surface area contributed by atoms with Gasteiger partial charge in [-0.25, -0.2) is 0 Å². The Balaban J connectivity index is 0.873. The van der Waals surface area contributed by atoms with Gasteiger partial charge in [0.05, 0.1) is 103 Å². The molecule has 36 heteroatoms. The van der Waals surface area contributed by atoms with E-state index in [4.69, 9.17) is 128 Å². The van der Waals surface area contributed by atoms with Gasteiger partial charge >= 0.3 is 41.8 Å². The molecule has 14 rings (SSSR count). The van der Waals surface area contributed by atoms with Crippen LogP contribution in [-0.2, 0) is 208 Å². The van der Waals surface area contributed by atoms with Crippen LogP contribution < -0.4 is 0 Å². The smallest absolute Gasteiger partial charge is 0.303 e. The first-order chi connectivity index (χ1) is 70.9. The number of aliphatic hydroxyl groups excluding tert-OH is 2. The molecule has 7 aromatic carbocycles. The fourth-order valence-electron chi connectivity index (χ4n) is 19.5. The predicted molar refractivity (Wildman–Crippen MR) is 520 cm³/mol. The lowest BCUT2D eigenvalue weighted by molar-refractivity contribution is -0.407. The second-order valence-corrected chi connectivity index (χ2v) is 38.4. The molecule has 7 aliphatic rings. The molecule has 0 saturated carbocycles. The van der Waals surface area contributed by atoms with Gasteiger partial charge in [-0.3, -0.25) is 33.6 Å². The number of hydrogen-bond acceptors (Lipinski definition) is 36.